The highest BCUT2D eigenvalue weighted by molar-refractivity contribution is 9.10. The minimum Gasteiger partial charge on any atom is -0.490 e. The molecular formula is C22H25BrClNO2S. The van der Waals surface area contributed by atoms with Crippen LogP contribution in [0.3, 0.4) is 0 Å². The van der Waals surface area contributed by atoms with Crippen LogP contribution < -0.4 is 9.47 Å². The van der Waals surface area contributed by atoms with Gasteiger partial charge in [-0.05, 0) is 59.8 Å². The van der Waals surface area contributed by atoms with Crippen LogP contribution in [0.15, 0.2) is 40.9 Å². The smallest absolute Gasteiger partial charge is 0.175 e. The zero-order valence-electron chi connectivity index (χ0n) is 16.2. The zero-order valence-corrected chi connectivity index (χ0v) is 19.4. The van der Waals surface area contributed by atoms with Gasteiger partial charge in [0, 0.05) is 29.2 Å². The van der Waals surface area contributed by atoms with Crippen molar-refractivity contribution < 1.29 is 9.47 Å². The summed E-state index contributed by atoms with van der Waals surface area (Å²) in [5, 5.41) is 0.689. The summed E-state index contributed by atoms with van der Waals surface area (Å²) >= 11 is 15.7. The minimum absolute atomic E-state index is 0.367. The average Bonchev–Trinajstić information content (AvgIpc) is 2.68. The first kappa shape index (κ1) is 21.4. The van der Waals surface area contributed by atoms with Gasteiger partial charge in [0.2, 0.25) is 0 Å². The van der Waals surface area contributed by atoms with Gasteiger partial charge in [-0.3, -0.25) is 0 Å². The molecule has 0 saturated carbocycles. The maximum atomic E-state index is 6.25. The van der Waals surface area contributed by atoms with Crippen molar-refractivity contribution in [2.24, 2.45) is 5.92 Å². The SMILES string of the molecule is CCOc1cc(C(=S)N2CCC(C)CC2)cc(Br)c1OCc1ccccc1Cl. The maximum Gasteiger partial charge on any atom is 0.175 e. The summed E-state index contributed by atoms with van der Waals surface area (Å²) in [5.41, 5.74) is 1.91. The van der Waals surface area contributed by atoms with Crippen molar-refractivity contribution in [1.82, 2.24) is 4.90 Å². The Bertz CT molecular complexity index is 837. The van der Waals surface area contributed by atoms with E-state index in [0.29, 0.717) is 29.7 Å². The highest BCUT2D eigenvalue weighted by atomic mass is 79.9. The van der Waals surface area contributed by atoms with E-state index < -0.39 is 0 Å². The Balaban J connectivity index is 1.81. The molecule has 2 aromatic carbocycles. The molecule has 0 spiro atoms. The van der Waals surface area contributed by atoms with E-state index in [1.807, 2.05) is 43.3 Å². The fourth-order valence-electron chi connectivity index (χ4n) is 3.25. The van der Waals surface area contributed by atoms with Gasteiger partial charge in [0.15, 0.2) is 11.5 Å². The van der Waals surface area contributed by atoms with Gasteiger partial charge in [0.05, 0.1) is 11.1 Å². The van der Waals surface area contributed by atoms with Gasteiger partial charge in [-0.2, -0.15) is 0 Å². The molecule has 0 aromatic heterocycles. The van der Waals surface area contributed by atoms with Gasteiger partial charge >= 0.3 is 0 Å². The lowest BCUT2D eigenvalue weighted by Gasteiger charge is -2.32. The van der Waals surface area contributed by atoms with E-state index in [-0.39, 0.29) is 0 Å². The van der Waals surface area contributed by atoms with Gasteiger partial charge in [-0.15, -0.1) is 0 Å². The van der Waals surface area contributed by atoms with Crippen molar-refractivity contribution in [1.29, 1.82) is 0 Å². The summed E-state index contributed by atoms with van der Waals surface area (Å²) < 4.78 is 12.8. The van der Waals surface area contributed by atoms with Crippen LogP contribution in [-0.2, 0) is 6.61 Å². The van der Waals surface area contributed by atoms with Crippen LogP contribution in [0.25, 0.3) is 0 Å². The molecule has 0 N–H and O–H groups in total. The first-order valence-corrected chi connectivity index (χ1v) is 11.2. The van der Waals surface area contributed by atoms with Crippen molar-refractivity contribution in [2.45, 2.75) is 33.3 Å². The van der Waals surface area contributed by atoms with E-state index >= 15 is 0 Å². The molecular weight excluding hydrogens is 458 g/mol. The highest BCUT2D eigenvalue weighted by Crippen LogP contribution is 2.38. The fraction of sp³-hybridized carbons (Fsp3) is 0.409. The second kappa shape index (κ2) is 9.95. The summed E-state index contributed by atoms with van der Waals surface area (Å²) in [6, 6.07) is 11.7. The number of rotatable bonds is 6. The van der Waals surface area contributed by atoms with Gasteiger partial charge in [0.1, 0.15) is 11.6 Å². The predicted molar refractivity (Wildman–Crippen MR) is 123 cm³/mol. The maximum absolute atomic E-state index is 6.25. The molecule has 1 heterocycles. The van der Waals surface area contributed by atoms with Crippen molar-refractivity contribution in [2.75, 3.05) is 19.7 Å². The van der Waals surface area contributed by atoms with Gasteiger partial charge in [0.25, 0.3) is 0 Å². The summed E-state index contributed by atoms with van der Waals surface area (Å²) in [6.45, 7) is 7.19. The highest BCUT2D eigenvalue weighted by Gasteiger charge is 2.21. The molecule has 1 fully saturated rings. The Hall–Kier alpha value is -1.30. The minimum atomic E-state index is 0.367. The third-order valence-corrected chi connectivity index (χ3v) is 6.41. The molecule has 2 aromatic rings. The van der Waals surface area contributed by atoms with E-state index in [0.717, 1.165) is 39.6 Å². The van der Waals surface area contributed by atoms with Crippen LogP contribution in [0.1, 0.15) is 37.8 Å². The van der Waals surface area contributed by atoms with Gasteiger partial charge in [-0.25, -0.2) is 0 Å². The van der Waals surface area contributed by atoms with Crippen molar-refractivity contribution >= 4 is 44.7 Å². The molecule has 0 atom stereocenters. The largest absolute Gasteiger partial charge is 0.490 e. The van der Waals surface area contributed by atoms with Crippen molar-refractivity contribution in [3.63, 3.8) is 0 Å². The number of ether oxygens (including phenoxy) is 2. The van der Waals surface area contributed by atoms with Crippen LogP contribution in [0.2, 0.25) is 5.02 Å². The molecule has 0 radical (unpaired) electrons. The van der Waals surface area contributed by atoms with E-state index in [1.54, 1.807) is 0 Å². The number of hydrogen-bond donors (Lipinski definition) is 0. The Morgan fingerprint density at radius 1 is 1.21 bits per heavy atom. The lowest BCUT2D eigenvalue weighted by atomic mass is 9.99. The third kappa shape index (κ3) is 5.19. The van der Waals surface area contributed by atoms with E-state index in [2.05, 4.69) is 27.8 Å². The summed E-state index contributed by atoms with van der Waals surface area (Å²) in [7, 11) is 0. The van der Waals surface area contributed by atoms with Crippen LogP contribution in [0.4, 0.5) is 0 Å². The second-order valence-electron chi connectivity index (χ2n) is 7.07. The molecule has 1 aliphatic heterocycles. The van der Waals surface area contributed by atoms with E-state index in [4.69, 9.17) is 33.3 Å². The molecule has 150 valence electrons. The Morgan fingerprint density at radius 2 is 1.93 bits per heavy atom. The quantitative estimate of drug-likeness (QED) is 0.439. The van der Waals surface area contributed by atoms with Crippen LogP contribution >= 0.6 is 39.7 Å². The molecule has 0 aliphatic carbocycles. The Labute approximate surface area is 186 Å². The average molecular weight is 483 g/mol. The van der Waals surface area contributed by atoms with Crippen LogP contribution in [-0.4, -0.2) is 29.6 Å². The number of nitrogens with zero attached hydrogens (tertiary/aromatic N) is 1. The third-order valence-electron chi connectivity index (χ3n) is 4.96. The molecule has 3 rings (SSSR count). The molecule has 3 nitrogen and oxygen atoms in total. The Kier molecular flexibility index (Phi) is 7.61. The number of thiocarbonyl (C=S) groups is 1. The molecule has 0 unspecified atom stereocenters. The summed E-state index contributed by atoms with van der Waals surface area (Å²) in [6.07, 6.45) is 2.36. The van der Waals surface area contributed by atoms with Crippen molar-refractivity contribution in [3.05, 3.63) is 57.0 Å². The number of halogens is 2. The number of benzene rings is 2. The standard InChI is InChI=1S/C22H25BrClNO2S/c1-3-26-20-13-17(22(28)25-10-8-15(2)9-11-25)12-18(23)21(20)27-14-16-6-4-5-7-19(16)24/h4-7,12-13,15H,3,8-11,14H2,1-2H3. The Morgan fingerprint density at radius 3 is 2.61 bits per heavy atom. The van der Waals surface area contributed by atoms with Crippen LogP contribution in [0.5, 0.6) is 11.5 Å². The summed E-state index contributed by atoms with van der Waals surface area (Å²) in [4.78, 5) is 3.16. The monoisotopic (exact) mass is 481 g/mol. The predicted octanol–water partition coefficient (Wildman–Crippen LogP) is 6.49. The van der Waals surface area contributed by atoms with Crippen molar-refractivity contribution in [3.8, 4) is 11.5 Å². The summed E-state index contributed by atoms with van der Waals surface area (Å²) in [5.74, 6) is 2.12. The van der Waals surface area contributed by atoms with E-state index in [1.165, 1.54) is 12.8 Å². The van der Waals surface area contributed by atoms with E-state index in [9.17, 15) is 0 Å². The van der Waals surface area contributed by atoms with Gasteiger partial charge < -0.3 is 14.4 Å². The number of piperidine rings is 1. The molecule has 0 bridgehead atoms. The molecule has 0 amide bonds. The second-order valence-corrected chi connectivity index (χ2v) is 8.72. The lowest BCUT2D eigenvalue weighted by Crippen LogP contribution is -2.37. The number of hydrogen-bond acceptors (Lipinski definition) is 3. The molecule has 6 heteroatoms. The van der Waals surface area contributed by atoms with Gasteiger partial charge in [-0.1, -0.05) is 48.9 Å². The topological polar surface area (TPSA) is 21.7 Å². The lowest BCUT2D eigenvalue weighted by molar-refractivity contribution is 0.267. The molecule has 1 saturated heterocycles. The zero-order chi connectivity index (χ0) is 20.1. The molecule has 28 heavy (non-hydrogen) atoms. The van der Waals surface area contributed by atoms with Crippen LogP contribution in [0, 0.1) is 5.92 Å². The first-order valence-electron chi connectivity index (χ1n) is 9.61. The molecule has 1 aliphatic rings. The number of likely N-dealkylation sites (tertiary alicyclic amines) is 1. The first-order chi connectivity index (χ1) is 13.5. The fourth-order valence-corrected chi connectivity index (χ4v) is 4.30. The normalized spacial score (nSPS) is 14.8.